The predicted molar refractivity (Wildman–Crippen MR) is 368 cm³/mol. The van der Waals surface area contributed by atoms with Crippen LogP contribution in [-0.2, 0) is 65.4 Å². The summed E-state index contributed by atoms with van der Waals surface area (Å²) in [5.41, 5.74) is 0. The van der Waals surface area contributed by atoms with Gasteiger partial charge in [-0.05, 0) is 37.5 Å². The molecule has 0 heterocycles. The van der Waals surface area contributed by atoms with Crippen LogP contribution in [0.4, 0.5) is 0 Å². The lowest BCUT2D eigenvalue weighted by Gasteiger charge is -2.21. The van der Waals surface area contributed by atoms with E-state index in [1.165, 1.54) is 180 Å². The van der Waals surface area contributed by atoms with Crippen molar-refractivity contribution in [1.82, 2.24) is 0 Å². The SMILES string of the molecule is CCCCCCCCCCCCCCCC(=O)OC[C@H](COP(=O)(O)OC[C@@H](O)COP(=O)(O)OC[C@@H](COC(=O)CCCCCCC)OC(=O)CCCCCCCCCCC(C)C)OC(=O)CCCCCCCCCCCCCCCCCCCCC(C)CC. The molecule has 0 aromatic rings. The summed E-state index contributed by atoms with van der Waals surface area (Å²) >= 11 is 0. The minimum absolute atomic E-state index is 0.104. The molecule has 0 radical (unpaired) electrons. The molecule has 0 aliphatic heterocycles. The van der Waals surface area contributed by atoms with Crippen LogP contribution >= 0.6 is 15.6 Å². The fourth-order valence-corrected chi connectivity index (χ4v) is 12.5. The molecule has 0 saturated carbocycles. The lowest BCUT2D eigenvalue weighted by molar-refractivity contribution is -0.161. The van der Waals surface area contributed by atoms with Gasteiger partial charge in [0, 0.05) is 25.7 Å². The van der Waals surface area contributed by atoms with E-state index in [2.05, 4.69) is 41.5 Å². The second-order valence-corrected chi connectivity index (χ2v) is 29.6. The van der Waals surface area contributed by atoms with E-state index in [0.29, 0.717) is 25.7 Å². The molecule has 3 N–H and O–H groups in total. The molecule has 17 nitrogen and oxygen atoms in total. The third kappa shape index (κ3) is 65.1. The van der Waals surface area contributed by atoms with Crippen molar-refractivity contribution in [2.45, 2.75) is 387 Å². The van der Waals surface area contributed by atoms with Gasteiger partial charge in [0.1, 0.15) is 19.3 Å². The summed E-state index contributed by atoms with van der Waals surface area (Å²) < 4.78 is 68.1. The molecule has 0 bridgehead atoms. The standard InChI is InChI=1S/C72H140O17P2/c1-7-10-12-14-15-16-17-24-28-31-37-43-49-55-70(75)83-61-68(89-71(76)56-50-44-38-32-29-26-23-21-19-18-20-22-25-27-30-36-42-47-53-65(6)9-3)63-87-91(80,81)85-59-66(73)58-84-90(78,79)86-62-67(60-82-69(74)54-48-40-13-11-8-2)88-72(77)57-51-45-39-34-33-35-41-46-52-64(4)5/h64-68,73H,7-63H2,1-6H3,(H,78,79)(H,80,81)/t65?,66-,67+,68+/m0/s1. The Bertz CT molecular complexity index is 1770. The first-order valence-electron chi connectivity index (χ1n) is 37.5. The van der Waals surface area contributed by atoms with Gasteiger partial charge in [-0.1, -0.05) is 318 Å². The molecule has 19 heteroatoms. The summed E-state index contributed by atoms with van der Waals surface area (Å²) in [5, 5.41) is 10.6. The number of rotatable bonds is 71. The van der Waals surface area contributed by atoms with Crippen molar-refractivity contribution in [3.05, 3.63) is 0 Å². The lowest BCUT2D eigenvalue weighted by atomic mass is 9.99. The minimum Gasteiger partial charge on any atom is -0.462 e. The number of aliphatic hydroxyl groups is 1. The normalized spacial score (nSPS) is 14.4. The van der Waals surface area contributed by atoms with Gasteiger partial charge in [-0.15, -0.1) is 0 Å². The molecule has 0 aliphatic rings. The van der Waals surface area contributed by atoms with E-state index in [1.807, 2.05) is 0 Å². The van der Waals surface area contributed by atoms with Crippen LogP contribution in [0, 0.1) is 11.8 Å². The Balaban J connectivity index is 5.10. The monoisotopic (exact) mass is 1340 g/mol. The summed E-state index contributed by atoms with van der Waals surface area (Å²) in [7, 11) is -9.89. The van der Waals surface area contributed by atoms with Gasteiger partial charge in [0.05, 0.1) is 26.4 Å². The van der Waals surface area contributed by atoms with Crippen LogP contribution in [0.1, 0.15) is 369 Å². The number of hydrogen-bond acceptors (Lipinski definition) is 15. The van der Waals surface area contributed by atoms with Gasteiger partial charge in [-0.3, -0.25) is 37.3 Å². The molecule has 0 aromatic carbocycles. The Kier molecular flexibility index (Phi) is 62.7. The Morgan fingerprint density at radius 1 is 0.319 bits per heavy atom. The number of carbonyl (C=O) groups is 4. The highest BCUT2D eigenvalue weighted by Gasteiger charge is 2.30. The van der Waals surface area contributed by atoms with Crippen LogP contribution in [0.2, 0.25) is 0 Å². The zero-order valence-electron chi connectivity index (χ0n) is 59.1. The summed E-state index contributed by atoms with van der Waals surface area (Å²) in [6.07, 6.45) is 50.5. The van der Waals surface area contributed by atoms with Crippen molar-refractivity contribution in [2.75, 3.05) is 39.6 Å². The van der Waals surface area contributed by atoms with Crippen LogP contribution in [0.15, 0.2) is 0 Å². The summed E-state index contributed by atoms with van der Waals surface area (Å²) in [6, 6.07) is 0. The molecule has 3 unspecified atom stereocenters. The first-order valence-corrected chi connectivity index (χ1v) is 40.5. The number of carbonyl (C=O) groups excluding carboxylic acids is 4. The maximum Gasteiger partial charge on any atom is 0.472 e. The van der Waals surface area contributed by atoms with Gasteiger partial charge in [0.2, 0.25) is 0 Å². The zero-order valence-corrected chi connectivity index (χ0v) is 60.9. The molecule has 0 amide bonds. The summed E-state index contributed by atoms with van der Waals surface area (Å²) in [5.74, 6) is -0.545. The zero-order chi connectivity index (χ0) is 67.2. The van der Waals surface area contributed by atoms with Gasteiger partial charge in [-0.2, -0.15) is 0 Å². The van der Waals surface area contributed by atoms with E-state index in [4.69, 9.17) is 37.0 Å². The van der Waals surface area contributed by atoms with E-state index in [0.717, 1.165) is 108 Å². The lowest BCUT2D eigenvalue weighted by Crippen LogP contribution is -2.30. The molecule has 0 fully saturated rings. The first kappa shape index (κ1) is 89.1. The summed E-state index contributed by atoms with van der Waals surface area (Å²) in [4.78, 5) is 72.3. The fraction of sp³-hybridized carbons (Fsp3) is 0.944. The van der Waals surface area contributed by atoms with Crippen molar-refractivity contribution in [3.8, 4) is 0 Å². The topological polar surface area (TPSA) is 237 Å². The number of ether oxygens (including phenoxy) is 4. The smallest absolute Gasteiger partial charge is 0.462 e. The highest BCUT2D eigenvalue weighted by molar-refractivity contribution is 7.47. The number of aliphatic hydroxyl groups excluding tert-OH is 1. The predicted octanol–water partition coefficient (Wildman–Crippen LogP) is 20.8. The minimum atomic E-state index is -4.95. The van der Waals surface area contributed by atoms with Crippen LogP contribution in [0.25, 0.3) is 0 Å². The van der Waals surface area contributed by atoms with Gasteiger partial charge in [0.25, 0.3) is 0 Å². The van der Waals surface area contributed by atoms with Crippen molar-refractivity contribution >= 4 is 39.5 Å². The number of phosphoric ester groups is 2. The second-order valence-electron chi connectivity index (χ2n) is 26.7. The second kappa shape index (κ2) is 64.1. The molecule has 540 valence electrons. The number of unbranched alkanes of at least 4 members (excludes halogenated alkanes) is 40. The van der Waals surface area contributed by atoms with E-state index < -0.39 is 97.5 Å². The Hall–Kier alpha value is -1.94. The largest absolute Gasteiger partial charge is 0.472 e. The van der Waals surface area contributed by atoms with Gasteiger partial charge >= 0.3 is 39.5 Å². The van der Waals surface area contributed by atoms with E-state index >= 15 is 0 Å². The number of phosphoric acid groups is 2. The van der Waals surface area contributed by atoms with Crippen molar-refractivity contribution in [3.63, 3.8) is 0 Å². The van der Waals surface area contributed by atoms with Crippen LogP contribution in [0.3, 0.4) is 0 Å². The Morgan fingerprint density at radius 2 is 0.560 bits per heavy atom. The third-order valence-corrected chi connectivity index (χ3v) is 19.0. The van der Waals surface area contributed by atoms with Crippen LogP contribution in [-0.4, -0.2) is 96.7 Å². The molecule has 0 aromatic heterocycles. The van der Waals surface area contributed by atoms with E-state index in [-0.39, 0.29) is 25.7 Å². The average Bonchev–Trinajstić information content (AvgIpc) is 3.65. The van der Waals surface area contributed by atoms with Crippen LogP contribution < -0.4 is 0 Å². The molecule has 0 spiro atoms. The maximum atomic E-state index is 13.0. The highest BCUT2D eigenvalue weighted by Crippen LogP contribution is 2.45. The molecular formula is C72H140O17P2. The van der Waals surface area contributed by atoms with E-state index in [1.54, 1.807) is 0 Å². The number of hydrogen-bond donors (Lipinski definition) is 3. The Labute approximate surface area is 556 Å². The summed E-state index contributed by atoms with van der Waals surface area (Å²) in [6.45, 7) is 9.50. The van der Waals surface area contributed by atoms with E-state index in [9.17, 15) is 43.2 Å². The molecule has 0 aliphatic carbocycles. The molecular weight excluding hydrogens is 1200 g/mol. The first-order chi connectivity index (χ1) is 43.9. The highest BCUT2D eigenvalue weighted by atomic mass is 31.2. The maximum absolute atomic E-state index is 13.0. The van der Waals surface area contributed by atoms with Gasteiger partial charge < -0.3 is 33.8 Å². The van der Waals surface area contributed by atoms with Crippen molar-refractivity contribution in [1.29, 1.82) is 0 Å². The van der Waals surface area contributed by atoms with Gasteiger partial charge in [-0.25, -0.2) is 9.13 Å². The average molecular weight is 1340 g/mol. The fourth-order valence-electron chi connectivity index (χ4n) is 10.9. The quantitative estimate of drug-likeness (QED) is 0.0222. The third-order valence-electron chi connectivity index (χ3n) is 17.1. The molecule has 6 atom stereocenters. The van der Waals surface area contributed by atoms with Crippen LogP contribution in [0.5, 0.6) is 0 Å². The molecule has 91 heavy (non-hydrogen) atoms. The number of esters is 4. The molecule has 0 rings (SSSR count). The Morgan fingerprint density at radius 3 is 0.835 bits per heavy atom. The van der Waals surface area contributed by atoms with Crippen molar-refractivity contribution < 1.29 is 80.2 Å². The molecule has 0 saturated heterocycles. The van der Waals surface area contributed by atoms with Crippen molar-refractivity contribution in [2.24, 2.45) is 11.8 Å². The van der Waals surface area contributed by atoms with Gasteiger partial charge in [0.15, 0.2) is 12.2 Å².